The molecule has 1 aromatic carbocycles. The molecule has 0 aliphatic carbocycles. The Morgan fingerprint density at radius 2 is 1.67 bits per heavy atom. The first-order valence-electron chi connectivity index (χ1n) is 10.3. The minimum Gasteiger partial charge on any atom is -0.494 e. The fourth-order valence-electron chi connectivity index (χ4n) is 2.78. The van der Waals surface area contributed by atoms with Crippen LogP contribution in [0.4, 0.5) is 4.79 Å². The minimum absolute atomic E-state index is 0.111. The second kappa shape index (κ2) is 12.7. The van der Waals surface area contributed by atoms with Crippen LogP contribution in [0.25, 0.3) is 0 Å². The second-order valence-electron chi connectivity index (χ2n) is 7.91. The van der Waals surface area contributed by atoms with Gasteiger partial charge in [0, 0.05) is 25.6 Å². The van der Waals surface area contributed by atoms with Gasteiger partial charge in [-0.15, -0.1) is 0 Å². The number of hydrogen-bond acceptors (Lipinski definition) is 5. The number of hydrogen-bond donors (Lipinski definition) is 3. The van der Waals surface area contributed by atoms with Gasteiger partial charge in [0.15, 0.2) is 0 Å². The van der Waals surface area contributed by atoms with Gasteiger partial charge < -0.3 is 25.4 Å². The lowest BCUT2D eigenvalue weighted by molar-refractivity contribution is -0.122. The number of ether oxygens (including phenoxy) is 2. The van der Waals surface area contributed by atoms with Crippen molar-refractivity contribution in [1.82, 2.24) is 16.0 Å². The molecule has 8 nitrogen and oxygen atoms in total. The molecular formula is C22H35N3O5. The third-order valence-electron chi connectivity index (χ3n) is 3.96. The van der Waals surface area contributed by atoms with Crippen molar-refractivity contribution < 1.29 is 23.9 Å². The maximum Gasteiger partial charge on any atom is 0.407 e. The fourth-order valence-corrected chi connectivity index (χ4v) is 2.78. The summed E-state index contributed by atoms with van der Waals surface area (Å²) in [5.41, 5.74) is 0.245. The van der Waals surface area contributed by atoms with Gasteiger partial charge in [-0.2, -0.15) is 0 Å². The SMILES string of the molecule is CCOc1ccccc1[C@@H](CC(=O)NCCCCNC(=O)OC(C)(C)C)NC(C)=O. The molecule has 168 valence electrons. The van der Waals surface area contributed by atoms with E-state index in [4.69, 9.17) is 9.47 Å². The summed E-state index contributed by atoms with van der Waals surface area (Å²) in [6, 6.07) is 6.90. The van der Waals surface area contributed by atoms with Crippen LogP contribution >= 0.6 is 0 Å². The van der Waals surface area contributed by atoms with Gasteiger partial charge in [-0.25, -0.2) is 4.79 Å². The molecule has 0 saturated carbocycles. The van der Waals surface area contributed by atoms with Gasteiger partial charge in [0.25, 0.3) is 0 Å². The van der Waals surface area contributed by atoms with E-state index >= 15 is 0 Å². The molecule has 3 N–H and O–H groups in total. The van der Waals surface area contributed by atoms with Gasteiger partial charge in [-0.1, -0.05) is 18.2 Å². The fraction of sp³-hybridized carbons (Fsp3) is 0.591. The first-order valence-corrected chi connectivity index (χ1v) is 10.3. The third-order valence-corrected chi connectivity index (χ3v) is 3.96. The molecule has 0 saturated heterocycles. The molecule has 0 unspecified atom stereocenters. The van der Waals surface area contributed by atoms with E-state index in [1.807, 2.05) is 52.0 Å². The number of para-hydroxylation sites is 1. The van der Waals surface area contributed by atoms with E-state index in [-0.39, 0.29) is 18.2 Å². The molecule has 0 aliphatic heterocycles. The lowest BCUT2D eigenvalue weighted by Crippen LogP contribution is -2.34. The number of unbranched alkanes of at least 4 members (excludes halogenated alkanes) is 1. The molecule has 0 heterocycles. The van der Waals surface area contributed by atoms with E-state index in [1.165, 1.54) is 6.92 Å². The van der Waals surface area contributed by atoms with Gasteiger partial charge in [0.1, 0.15) is 11.4 Å². The number of nitrogens with one attached hydrogen (secondary N) is 3. The van der Waals surface area contributed by atoms with Crippen LogP contribution in [0.3, 0.4) is 0 Å². The summed E-state index contributed by atoms with van der Waals surface area (Å²) in [6.07, 6.45) is 1.08. The van der Waals surface area contributed by atoms with E-state index in [2.05, 4.69) is 16.0 Å². The van der Waals surface area contributed by atoms with Crippen molar-refractivity contribution in [3.63, 3.8) is 0 Å². The number of carbonyl (C=O) groups is 3. The van der Waals surface area contributed by atoms with Gasteiger partial charge in [-0.05, 0) is 46.6 Å². The monoisotopic (exact) mass is 421 g/mol. The molecule has 0 fully saturated rings. The number of carbonyl (C=O) groups excluding carboxylic acids is 3. The quantitative estimate of drug-likeness (QED) is 0.476. The number of alkyl carbamates (subject to hydrolysis) is 1. The molecule has 0 bridgehead atoms. The molecule has 8 heteroatoms. The summed E-state index contributed by atoms with van der Waals surface area (Å²) in [6.45, 7) is 10.2. The highest BCUT2D eigenvalue weighted by atomic mass is 16.6. The van der Waals surface area contributed by atoms with Crippen LogP contribution in [0, 0.1) is 0 Å². The molecule has 1 atom stereocenters. The van der Waals surface area contributed by atoms with E-state index in [0.717, 1.165) is 5.56 Å². The van der Waals surface area contributed by atoms with Crippen LogP contribution < -0.4 is 20.7 Å². The van der Waals surface area contributed by atoms with Crippen molar-refractivity contribution in [2.24, 2.45) is 0 Å². The topological polar surface area (TPSA) is 106 Å². The normalized spacial score (nSPS) is 11.9. The maximum atomic E-state index is 12.4. The van der Waals surface area contributed by atoms with Crippen molar-refractivity contribution in [1.29, 1.82) is 0 Å². The van der Waals surface area contributed by atoms with Crippen molar-refractivity contribution >= 4 is 17.9 Å². The summed E-state index contributed by atoms with van der Waals surface area (Å²) < 4.78 is 10.8. The van der Waals surface area contributed by atoms with Gasteiger partial charge in [0.05, 0.1) is 19.1 Å². The predicted molar refractivity (Wildman–Crippen MR) is 115 cm³/mol. The van der Waals surface area contributed by atoms with E-state index in [1.54, 1.807) is 0 Å². The standard InChI is InChI=1S/C22H35N3O5/c1-6-29-19-12-8-7-11-17(19)18(25-16(2)26)15-20(27)23-13-9-10-14-24-21(28)30-22(3,4)5/h7-8,11-12,18H,6,9-10,13-15H2,1-5H3,(H,23,27)(H,24,28)(H,25,26)/t18-/m1/s1. The Balaban J connectivity index is 2.45. The lowest BCUT2D eigenvalue weighted by Gasteiger charge is -2.21. The molecule has 30 heavy (non-hydrogen) atoms. The first-order chi connectivity index (χ1) is 14.1. The number of rotatable bonds is 11. The zero-order valence-corrected chi connectivity index (χ0v) is 18.7. The van der Waals surface area contributed by atoms with Crippen LogP contribution in [0.1, 0.15) is 65.5 Å². The predicted octanol–water partition coefficient (Wildman–Crippen LogP) is 3.07. The zero-order chi connectivity index (χ0) is 22.6. The largest absolute Gasteiger partial charge is 0.494 e. The Kier molecular flexibility index (Phi) is 10.7. The number of benzene rings is 1. The molecule has 1 rings (SSSR count). The average Bonchev–Trinajstić information content (AvgIpc) is 2.63. The van der Waals surface area contributed by atoms with Crippen molar-refractivity contribution in [2.45, 2.75) is 65.5 Å². The molecule has 0 radical (unpaired) electrons. The Morgan fingerprint density at radius 1 is 1.03 bits per heavy atom. The Morgan fingerprint density at radius 3 is 2.27 bits per heavy atom. The summed E-state index contributed by atoms with van der Waals surface area (Å²) in [5.74, 6) is 0.271. The van der Waals surface area contributed by atoms with Crippen molar-refractivity contribution in [2.75, 3.05) is 19.7 Å². The molecule has 0 aromatic heterocycles. The molecule has 1 aromatic rings. The zero-order valence-electron chi connectivity index (χ0n) is 18.7. The van der Waals surface area contributed by atoms with Crippen LogP contribution in [0.5, 0.6) is 5.75 Å². The highest BCUT2D eigenvalue weighted by Gasteiger charge is 2.20. The second-order valence-corrected chi connectivity index (χ2v) is 7.91. The summed E-state index contributed by atoms with van der Waals surface area (Å²) >= 11 is 0. The lowest BCUT2D eigenvalue weighted by atomic mass is 10.0. The van der Waals surface area contributed by atoms with Crippen LogP contribution in [0.15, 0.2) is 24.3 Å². The van der Waals surface area contributed by atoms with Gasteiger partial charge >= 0.3 is 6.09 Å². The number of amides is 3. The summed E-state index contributed by atoms with van der Waals surface area (Å²) in [4.78, 5) is 35.6. The van der Waals surface area contributed by atoms with Gasteiger partial charge in [0.2, 0.25) is 11.8 Å². The maximum absolute atomic E-state index is 12.4. The van der Waals surface area contributed by atoms with Crippen LogP contribution in [0.2, 0.25) is 0 Å². The Bertz CT molecular complexity index is 700. The highest BCUT2D eigenvalue weighted by Crippen LogP contribution is 2.27. The first kappa shape index (κ1) is 25.3. The van der Waals surface area contributed by atoms with E-state index < -0.39 is 17.7 Å². The van der Waals surface area contributed by atoms with Gasteiger partial charge in [-0.3, -0.25) is 9.59 Å². The van der Waals surface area contributed by atoms with Crippen LogP contribution in [-0.2, 0) is 14.3 Å². The molecule has 0 spiro atoms. The highest BCUT2D eigenvalue weighted by molar-refractivity contribution is 5.79. The summed E-state index contributed by atoms with van der Waals surface area (Å²) in [7, 11) is 0. The molecular weight excluding hydrogens is 386 g/mol. The smallest absolute Gasteiger partial charge is 0.407 e. The minimum atomic E-state index is -0.525. The van der Waals surface area contributed by atoms with Crippen molar-refractivity contribution in [3.8, 4) is 5.75 Å². The van der Waals surface area contributed by atoms with E-state index in [0.29, 0.717) is 38.3 Å². The average molecular weight is 422 g/mol. The van der Waals surface area contributed by atoms with Crippen LogP contribution in [-0.4, -0.2) is 43.2 Å². The Hall–Kier alpha value is -2.77. The molecule has 3 amide bonds. The van der Waals surface area contributed by atoms with Crippen molar-refractivity contribution in [3.05, 3.63) is 29.8 Å². The third kappa shape index (κ3) is 10.7. The Labute approximate surface area is 179 Å². The molecule has 0 aliphatic rings. The summed E-state index contributed by atoms with van der Waals surface area (Å²) in [5, 5.41) is 8.37. The van der Waals surface area contributed by atoms with E-state index in [9.17, 15) is 14.4 Å².